The number of carbonyl (C=O) groups is 1. The molecule has 0 saturated carbocycles. The van der Waals surface area contributed by atoms with Crippen LogP contribution in [0.2, 0.25) is 0 Å². The Labute approximate surface area is 103 Å². The number of nitrogens with one attached hydrogen (secondary N) is 1. The van der Waals surface area contributed by atoms with E-state index in [0.717, 1.165) is 0 Å². The number of aromatic amines is 1. The summed E-state index contributed by atoms with van der Waals surface area (Å²) in [6.45, 7) is 1.39. The lowest BCUT2D eigenvalue weighted by Crippen LogP contribution is -2.14. The van der Waals surface area contributed by atoms with Crippen LogP contribution in [0.4, 0.5) is 0 Å². The van der Waals surface area contributed by atoms with E-state index in [1.54, 1.807) is 19.1 Å². The van der Waals surface area contributed by atoms with Gasteiger partial charge in [-0.2, -0.15) is 0 Å². The molecule has 1 heterocycles. The van der Waals surface area contributed by atoms with Gasteiger partial charge in [-0.05, 0) is 25.1 Å². The zero-order chi connectivity index (χ0) is 13.3. The zero-order valence-corrected chi connectivity index (χ0v) is 10.1. The number of benzene rings is 1. The molecule has 2 rings (SSSR count). The molecule has 18 heavy (non-hydrogen) atoms. The number of hydrogen-bond donors (Lipinski definition) is 2. The number of esters is 1. The summed E-state index contributed by atoms with van der Waals surface area (Å²) >= 11 is 0. The number of pyridine rings is 1. The van der Waals surface area contributed by atoms with Gasteiger partial charge in [0.05, 0.1) is 19.3 Å². The van der Waals surface area contributed by atoms with Crippen LogP contribution in [0.5, 0.6) is 0 Å². The second kappa shape index (κ2) is 4.62. The summed E-state index contributed by atoms with van der Waals surface area (Å²) in [5, 5.41) is 9.54. The Kier molecular flexibility index (Phi) is 3.16. The molecule has 0 aliphatic heterocycles. The summed E-state index contributed by atoms with van der Waals surface area (Å²) in [5.74, 6) is -0.498. The van der Waals surface area contributed by atoms with Gasteiger partial charge in [-0.15, -0.1) is 0 Å². The number of H-pyrrole nitrogens is 1. The Morgan fingerprint density at radius 3 is 2.78 bits per heavy atom. The topological polar surface area (TPSA) is 79.4 Å². The van der Waals surface area contributed by atoms with Gasteiger partial charge in [0, 0.05) is 22.2 Å². The van der Waals surface area contributed by atoms with Crippen LogP contribution in [0, 0.1) is 6.92 Å². The second-order valence-corrected chi connectivity index (χ2v) is 3.97. The van der Waals surface area contributed by atoms with Gasteiger partial charge in [-0.25, -0.2) is 4.79 Å². The quantitative estimate of drug-likeness (QED) is 0.779. The molecule has 0 saturated heterocycles. The lowest BCUT2D eigenvalue weighted by Gasteiger charge is -2.06. The number of aryl methyl sites for hydroxylation is 1. The second-order valence-electron chi connectivity index (χ2n) is 3.97. The minimum absolute atomic E-state index is 0.269. The summed E-state index contributed by atoms with van der Waals surface area (Å²) in [6.07, 6.45) is 0. The lowest BCUT2D eigenvalue weighted by atomic mass is 10.1. The average Bonchev–Trinajstić information content (AvgIpc) is 2.38. The number of methoxy groups -OCH3 is 1. The van der Waals surface area contributed by atoms with E-state index in [1.165, 1.54) is 13.2 Å². The van der Waals surface area contributed by atoms with Crippen molar-refractivity contribution in [1.82, 2.24) is 4.98 Å². The lowest BCUT2D eigenvalue weighted by molar-refractivity contribution is 0.0601. The maximum atomic E-state index is 12.1. The third-order valence-electron chi connectivity index (χ3n) is 2.89. The third-order valence-corrected chi connectivity index (χ3v) is 2.89. The van der Waals surface area contributed by atoms with E-state index in [-0.39, 0.29) is 12.0 Å². The van der Waals surface area contributed by atoms with Gasteiger partial charge in [-0.3, -0.25) is 4.79 Å². The number of carbonyl (C=O) groups excluding carboxylic acids is 1. The Morgan fingerprint density at radius 2 is 2.17 bits per heavy atom. The molecule has 5 nitrogen and oxygen atoms in total. The molecule has 0 radical (unpaired) electrons. The van der Waals surface area contributed by atoms with E-state index in [2.05, 4.69) is 9.72 Å². The monoisotopic (exact) mass is 247 g/mol. The Morgan fingerprint density at radius 1 is 1.44 bits per heavy atom. The molecule has 2 N–H and O–H groups in total. The molecule has 5 heteroatoms. The first-order valence-electron chi connectivity index (χ1n) is 5.43. The minimum atomic E-state index is -0.498. The van der Waals surface area contributed by atoms with Crippen molar-refractivity contribution in [2.24, 2.45) is 0 Å². The molecule has 0 aliphatic carbocycles. The molecular formula is C13H13NO4. The van der Waals surface area contributed by atoms with Crippen molar-refractivity contribution in [2.75, 3.05) is 7.11 Å². The van der Waals surface area contributed by atoms with Crippen LogP contribution < -0.4 is 5.43 Å². The molecule has 0 fully saturated rings. The number of rotatable bonds is 2. The summed E-state index contributed by atoms with van der Waals surface area (Å²) in [4.78, 5) is 26.5. The van der Waals surface area contributed by atoms with Gasteiger partial charge >= 0.3 is 5.97 Å². The summed E-state index contributed by atoms with van der Waals surface area (Å²) in [5.41, 5.74) is 1.60. The van der Waals surface area contributed by atoms with Crippen molar-refractivity contribution in [3.8, 4) is 0 Å². The molecule has 94 valence electrons. The fourth-order valence-corrected chi connectivity index (χ4v) is 1.89. The molecule has 0 atom stereocenters. The molecule has 2 aromatic rings. The predicted octanol–water partition coefficient (Wildman–Crippen LogP) is 1.12. The van der Waals surface area contributed by atoms with E-state index in [0.29, 0.717) is 27.7 Å². The first-order chi connectivity index (χ1) is 8.58. The number of fused-ring (bicyclic) bond motifs is 1. The highest BCUT2D eigenvalue weighted by atomic mass is 16.5. The summed E-state index contributed by atoms with van der Waals surface area (Å²) in [6, 6.07) is 4.71. The highest BCUT2D eigenvalue weighted by molar-refractivity contribution is 5.94. The highest BCUT2D eigenvalue weighted by Crippen LogP contribution is 2.14. The summed E-state index contributed by atoms with van der Waals surface area (Å²) < 4.78 is 4.60. The number of hydrogen-bond acceptors (Lipinski definition) is 4. The number of aromatic nitrogens is 1. The van der Waals surface area contributed by atoms with Crippen molar-refractivity contribution in [3.63, 3.8) is 0 Å². The smallest absolute Gasteiger partial charge is 0.337 e. The molecule has 0 bridgehead atoms. The van der Waals surface area contributed by atoms with Gasteiger partial charge in [0.1, 0.15) is 0 Å². The van der Waals surface area contributed by atoms with Gasteiger partial charge in [0.15, 0.2) is 5.43 Å². The molecule has 0 spiro atoms. The van der Waals surface area contributed by atoms with Crippen LogP contribution in [0.3, 0.4) is 0 Å². The summed E-state index contributed by atoms with van der Waals surface area (Å²) in [7, 11) is 1.28. The van der Waals surface area contributed by atoms with Crippen molar-refractivity contribution in [3.05, 3.63) is 45.2 Å². The van der Waals surface area contributed by atoms with Crippen LogP contribution in [-0.2, 0) is 11.3 Å². The maximum Gasteiger partial charge on any atom is 0.337 e. The predicted molar refractivity (Wildman–Crippen MR) is 66.6 cm³/mol. The Hall–Kier alpha value is -2.14. The van der Waals surface area contributed by atoms with E-state index >= 15 is 0 Å². The fraction of sp³-hybridized carbons (Fsp3) is 0.231. The van der Waals surface area contributed by atoms with E-state index in [4.69, 9.17) is 0 Å². The SMILES string of the molecule is COC(=O)c1ccc2[nH]c(C)c(CO)c(=O)c2c1. The van der Waals surface area contributed by atoms with Gasteiger partial charge in [0.2, 0.25) is 0 Å². The van der Waals surface area contributed by atoms with Crippen LogP contribution >= 0.6 is 0 Å². The van der Waals surface area contributed by atoms with Gasteiger partial charge in [-0.1, -0.05) is 0 Å². The Balaban J connectivity index is 2.76. The van der Waals surface area contributed by atoms with Crippen LogP contribution in [0.25, 0.3) is 10.9 Å². The standard InChI is InChI=1S/C13H13NO4/c1-7-10(6-15)12(16)9-5-8(13(17)18-2)3-4-11(9)14-7/h3-5,15H,6H2,1-2H3,(H,14,16). The van der Waals surface area contributed by atoms with Crippen LogP contribution in [-0.4, -0.2) is 23.2 Å². The molecule has 0 aliphatic rings. The minimum Gasteiger partial charge on any atom is -0.465 e. The molecular weight excluding hydrogens is 234 g/mol. The number of aliphatic hydroxyl groups is 1. The number of ether oxygens (including phenoxy) is 1. The van der Waals surface area contributed by atoms with E-state index in [1.807, 2.05) is 0 Å². The fourth-order valence-electron chi connectivity index (χ4n) is 1.89. The third kappa shape index (κ3) is 1.89. The van der Waals surface area contributed by atoms with Crippen molar-refractivity contribution in [2.45, 2.75) is 13.5 Å². The van der Waals surface area contributed by atoms with Gasteiger partial charge in [0.25, 0.3) is 0 Å². The van der Waals surface area contributed by atoms with Gasteiger partial charge < -0.3 is 14.8 Å². The first kappa shape index (κ1) is 12.3. The van der Waals surface area contributed by atoms with Crippen LogP contribution in [0.1, 0.15) is 21.6 Å². The maximum absolute atomic E-state index is 12.1. The van der Waals surface area contributed by atoms with Crippen molar-refractivity contribution >= 4 is 16.9 Å². The van der Waals surface area contributed by atoms with E-state index in [9.17, 15) is 14.7 Å². The normalized spacial score (nSPS) is 10.6. The average molecular weight is 247 g/mol. The first-order valence-corrected chi connectivity index (χ1v) is 5.43. The Bertz CT molecular complexity index is 672. The largest absolute Gasteiger partial charge is 0.465 e. The van der Waals surface area contributed by atoms with Crippen molar-refractivity contribution in [1.29, 1.82) is 0 Å². The molecule has 1 aromatic carbocycles. The highest BCUT2D eigenvalue weighted by Gasteiger charge is 2.11. The molecule has 0 unspecified atom stereocenters. The zero-order valence-electron chi connectivity index (χ0n) is 10.1. The number of aliphatic hydroxyl groups excluding tert-OH is 1. The van der Waals surface area contributed by atoms with Crippen molar-refractivity contribution < 1.29 is 14.6 Å². The molecule has 0 amide bonds. The van der Waals surface area contributed by atoms with E-state index < -0.39 is 5.97 Å². The molecule has 1 aromatic heterocycles. The van der Waals surface area contributed by atoms with Crippen LogP contribution in [0.15, 0.2) is 23.0 Å².